The van der Waals surface area contributed by atoms with Gasteiger partial charge in [0.25, 0.3) is 0 Å². The van der Waals surface area contributed by atoms with Crippen molar-refractivity contribution >= 4 is 5.95 Å². The van der Waals surface area contributed by atoms with Crippen LogP contribution in [0.4, 0.5) is 5.95 Å². The largest absolute Gasteiger partial charge is 0.483 e. The smallest absolute Gasteiger partial charge is 0.223 e. The summed E-state index contributed by atoms with van der Waals surface area (Å²) in [6.45, 7) is 0.221. The minimum atomic E-state index is 0.182. The maximum atomic E-state index is 5.75. The van der Waals surface area contributed by atoms with Gasteiger partial charge in [0.05, 0.1) is 12.0 Å². The number of nitrogen functional groups attached to an aromatic ring is 1. The molecule has 0 aliphatic carbocycles. The molecule has 3 aromatic rings. The number of ether oxygens (including phenoxy) is 1. The van der Waals surface area contributed by atoms with Crippen LogP contribution < -0.4 is 10.5 Å². The first-order valence-corrected chi connectivity index (χ1v) is 5.96. The van der Waals surface area contributed by atoms with Gasteiger partial charge in [0.15, 0.2) is 5.82 Å². The lowest BCUT2D eigenvalue weighted by Gasteiger charge is -2.11. The Morgan fingerprint density at radius 2 is 2.10 bits per heavy atom. The van der Waals surface area contributed by atoms with E-state index in [0.29, 0.717) is 11.6 Å². The molecule has 0 saturated heterocycles. The minimum Gasteiger partial charge on any atom is -0.483 e. The zero-order valence-corrected chi connectivity index (χ0v) is 10.5. The number of nitrogens with zero attached hydrogens (tertiary/aromatic N) is 5. The number of para-hydroxylation sites is 2. The number of rotatable bonds is 4. The SMILES string of the molecule is Nc1ncnc(COc2ccccc2-n2ccnc2)n1. The van der Waals surface area contributed by atoms with Crippen LogP contribution in [0.25, 0.3) is 5.69 Å². The Morgan fingerprint density at radius 1 is 1.20 bits per heavy atom. The summed E-state index contributed by atoms with van der Waals surface area (Å²) in [5, 5.41) is 0. The van der Waals surface area contributed by atoms with Crippen LogP contribution in [0.2, 0.25) is 0 Å². The molecular weight excluding hydrogens is 256 g/mol. The van der Waals surface area contributed by atoms with Gasteiger partial charge < -0.3 is 15.0 Å². The van der Waals surface area contributed by atoms with E-state index in [1.807, 2.05) is 35.0 Å². The van der Waals surface area contributed by atoms with Crippen molar-refractivity contribution in [2.45, 2.75) is 6.61 Å². The molecule has 0 unspecified atom stereocenters. The summed E-state index contributed by atoms with van der Waals surface area (Å²) in [5.41, 5.74) is 6.40. The molecule has 0 fully saturated rings. The summed E-state index contributed by atoms with van der Waals surface area (Å²) in [5.74, 6) is 1.38. The molecule has 0 aliphatic heterocycles. The van der Waals surface area contributed by atoms with E-state index >= 15 is 0 Å². The van der Waals surface area contributed by atoms with Crippen LogP contribution in [-0.2, 0) is 6.61 Å². The number of nitrogens with two attached hydrogens (primary N) is 1. The van der Waals surface area contributed by atoms with Crippen molar-refractivity contribution in [3.63, 3.8) is 0 Å². The van der Waals surface area contributed by atoms with Crippen LogP contribution in [0.3, 0.4) is 0 Å². The van der Waals surface area contributed by atoms with Crippen LogP contribution in [0.1, 0.15) is 5.82 Å². The number of benzene rings is 1. The van der Waals surface area contributed by atoms with Gasteiger partial charge in [-0.15, -0.1) is 0 Å². The van der Waals surface area contributed by atoms with Gasteiger partial charge in [-0.2, -0.15) is 4.98 Å². The van der Waals surface area contributed by atoms with Gasteiger partial charge in [-0.3, -0.25) is 0 Å². The molecule has 0 spiro atoms. The van der Waals surface area contributed by atoms with Crippen molar-refractivity contribution < 1.29 is 4.74 Å². The zero-order chi connectivity index (χ0) is 13.8. The molecular formula is C13H12N6O. The van der Waals surface area contributed by atoms with Crippen molar-refractivity contribution in [3.8, 4) is 11.4 Å². The summed E-state index contributed by atoms with van der Waals surface area (Å²) in [4.78, 5) is 15.8. The first-order chi connectivity index (χ1) is 9.83. The summed E-state index contributed by atoms with van der Waals surface area (Å²) in [6.07, 6.45) is 6.64. The van der Waals surface area contributed by atoms with Crippen LogP contribution in [0, 0.1) is 0 Å². The highest BCUT2D eigenvalue weighted by Gasteiger charge is 2.06. The van der Waals surface area contributed by atoms with Crippen LogP contribution >= 0.6 is 0 Å². The molecule has 2 N–H and O–H groups in total. The number of hydrogen-bond donors (Lipinski definition) is 1. The third-order valence-electron chi connectivity index (χ3n) is 2.64. The maximum absolute atomic E-state index is 5.75. The average Bonchev–Trinajstić information content (AvgIpc) is 3.00. The van der Waals surface area contributed by atoms with Gasteiger partial charge in [-0.25, -0.2) is 15.0 Å². The molecule has 0 atom stereocenters. The highest BCUT2D eigenvalue weighted by atomic mass is 16.5. The van der Waals surface area contributed by atoms with Crippen LogP contribution in [0.15, 0.2) is 49.3 Å². The highest BCUT2D eigenvalue weighted by molar-refractivity contribution is 5.46. The Morgan fingerprint density at radius 3 is 2.90 bits per heavy atom. The lowest BCUT2D eigenvalue weighted by Crippen LogP contribution is -2.06. The highest BCUT2D eigenvalue weighted by Crippen LogP contribution is 2.22. The van der Waals surface area contributed by atoms with Gasteiger partial charge in [-0.05, 0) is 12.1 Å². The van der Waals surface area contributed by atoms with E-state index in [9.17, 15) is 0 Å². The Hall–Kier alpha value is -2.96. The van der Waals surface area contributed by atoms with Crippen molar-refractivity contribution in [2.24, 2.45) is 0 Å². The zero-order valence-electron chi connectivity index (χ0n) is 10.5. The molecule has 0 saturated carbocycles. The fraction of sp³-hybridized carbons (Fsp3) is 0.0769. The molecule has 2 aromatic heterocycles. The first-order valence-electron chi connectivity index (χ1n) is 5.96. The van der Waals surface area contributed by atoms with Gasteiger partial charge in [0, 0.05) is 12.4 Å². The fourth-order valence-corrected chi connectivity index (χ4v) is 1.75. The standard InChI is InChI=1S/C13H12N6O/c14-13-17-8-16-12(18-13)7-20-11-4-2-1-3-10(11)19-6-5-15-9-19/h1-6,8-9H,7H2,(H2,14,16,17,18). The van der Waals surface area contributed by atoms with E-state index in [4.69, 9.17) is 10.5 Å². The third-order valence-corrected chi connectivity index (χ3v) is 2.64. The molecule has 3 rings (SSSR count). The Bertz CT molecular complexity index is 698. The quantitative estimate of drug-likeness (QED) is 0.764. The molecule has 0 aliphatic rings. The number of imidazole rings is 1. The maximum Gasteiger partial charge on any atom is 0.223 e. The number of hydrogen-bond acceptors (Lipinski definition) is 6. The molecule has 0 bridgehead atoms. The van der Waals surface area contributed by atoms with Gasteiger partial charge in [0.2, 0.25) is 5.95 Å². The average molecular weight is 268 g/mol. The molecule has 20 heavy (non-hydrogen) atoms. The molecule has 100 valence electrons. The summed E-state index contributed by atoms with van der Waals surface area (Å²) in [7, 11) is 0. The number of anilines is 1. The first kappa shape index (κ1) is 12.1. The predicted octanol–water partition coefficient (Wildman–Crippen LogP) is 1.22. The van der Waals surface area contributed by atoms with E-state index in [1.54, 1.807) is 12.5 Å². The van der Waals surface area contributed by atoms with Crippen molar-refractivity contribution in [2.75, 3.05) is 5.73 Å². The second-order valence-electron chi connectivity index (χ2n) is 3.99. The third kappa shape index (κ3) is 2.56. The van der Waals surface area contributed by atoms with Crippen LogP contribution in [0.5, 0.6) is 5.75 Å². The minimum absolute atomic E-state index is 0.182. The molecule has 2 heterocycles. The van der Waals surface area contributed by atoms with E-state index < -0.39 is 0 Å². The molecule has 0 amide bonds. The monoisotopic (exact) mass is 268 g/mol. The van der Waals surface area contributed by atoms with E-state index in [2.05, 4.69) is 19.9 Å². The summed E-state index contributed by atoms with van der Waals surface area (Å²) in [6, 6.07) is 7.65. The number of aromatic nitrogens is 5. The Labute approximate surface area is 115 Å². The summed E-state index contributed by atoms with van der Waals surface area (Å²) < 4.78 is 7.62. The lowest BCUT2D eigenvalue weighted by molar-refractivity contribution is 0.294. The molecule has 7 nitrogen and oxygen atoms in total. The van der Waals surface area contributed by atoms with Crippen molar-refractivity contribution in [3.05, 3.63) is 55.1 Å². The second-order valence-corrected chi connectivity index (χ2v) is 3.99. The normalized spacial score (nSPS) is 10.4. The molecule has 1 aromatic carbocycles. The topological polar surface area (TPSA) is 91.7 Å². The van der Waals surface area contributed by atoms with E-state index in [-0.39, 0.29) is 12.6 Å². The Kier molecular flexibility index (Phi) is 3.24. The van der Waals surface area contributed by atoms with Gasteiger partial charge in [0.1, 0.15) is 18.7 Å². The second kappa shape index (κ2) is 5.35. The molecule has 0 radical (unpaired) electrons. The van der Waals surface area contributed by atoms with E-state index in [0.717, 1.165) is 5.69 Å². The summed E-state index contributed by atoms with van der Waals surface area (Å²) >= 11 is 0. The van der Waals surface area contributed by atoms with Gasteiger partial charge >= 0.3 is 0 Å². The van der Waals surface area contributed by atoms with Crippen molar-refractivity contribution in [1.82, 2.24) is 24.5 Å². The molecule has 7 heteroatoms. The Balaban J connectivity index is 1.81. The van der Waals surface area contributed by atoms with E-state index in [1.165, 1.54) is 6.33 Å². The van der Waals surface area contributed by atoms with Crippen LogP contribution in [-0.4, -0.2) is 24.5 Å². The predicted molar refractivity (Wildman–Crippen MR) is 72.1 cm³/mol. The van der Waals surface area contributed by atoms with Gasteiger partial charge in [-0.1, -0.05) is 12.1 Å². The van der Waals surface area contributed by atoms with Crippen molar-refractivity contribution in [1.29, 1.82) is 0 Å². The fourth-order valence-electron chi connectivity index (χ4n) is 1.75. The lowest BCUT2D eigenvalue weighted by atomic mass is 10.3.